The van der Waals surface area contributed by atoms with Gasteiger partial charge in [-0.2, -0.15) is 0 Å². The van der Waals surface area contributed by atoms with Gasteiger partial charge in [0.05, 0.1) is 17.3 Å². The van der Waals surface area contributed by atoms with Crippen LogP contribution < -0.4 is 15.4 Å². The summed E-state index contributed by atoms with van der Waals surface area (Å²) in [7, 11) is -3.42. The first-order valence-corrected chi connectivity index (χ1v) is 11.1. The normalized spacial score (nSPS) is 25.0. The zero-order valence-electron chi connectivity index (χ0n) is 15.5. The van der Waals surface area contributed by atoms with Crippen molar-refractivity contribution in [1.29, 1.82) is 0 Å². The summed E-state index contributed by atoms with van der Waals surface area (Å²) < 4.78 is 27.3. The number of hydrogen-bond donors (Lipinski definition) is 3. The van der Waals surface area contributed by atoms with E-state index < -0.39 is 21.3 Å². The summed E-state index contributed by atoms with van der Waals surface area (Å²) in [6.45, 7) is 3.56. The molecule has 1 aliphatic heterocycles. The van der Waals surface area contributed by atoms with E-state index in [1.165, 1.54) is 37.7 Å². The Bertz CT molecular complexity index is 725. The van der Waals surface area contributed by atoms with Crippen LogP contribution in [0.1, 0.15) is 69.0 Å². The Morgan fingerprint density at radius 3 is 2.27 bits per heavy atom. The zero-order chi connectivity index (χ0) is 18.7. The molecule has 3 rings (SSSR count). The maximum atomic E-state index is 12.3. The van der Waals surface area contributed by atoms with E-state index in [0.29, 0.717) is 5.92 Å². The smallest absolute Gasteiger partial charge is 0.315 e. The Morgan fingerprint density at radius 2 is 1.65 bits per heavy atom. The largest absolute Gasteiger partial charge is 0.336 e. The highest BCUT2D eigenvalue weighted by Gasteiger charge is 2.33. The van der Waals surface area contributed by atoms with E-state index >= 15 is 0 Å². The van der Waals surface area contributed by atoms with Crippen LogP contribution in [0.2, 0.25) is 0 Å². The van der Waals surface area contributed by atoms with Crippen LogP contribution in [0.25, 0.3) is 0 Å². The molecule has 1 aromatic carbocycles. The fraction of sp³-hybridized carbons (Fsp3) is 0.632. The molecule has 6 nitrogen and oxygen atoms in total. The van der Waals surface area contributed by atoms with Gasteiger partial charge in [-0.25, -0.2) is 17.9 Å². The summed E-state index contributed by atoms with van der Waals surface area (Å²) >= 11 is 0. The second-order valence-corrected chi connectivity index (χ2v) is 9.92. The molecular weight excluding hydrogens is 350 g/mol. The van der Waals surface area contributed by atoms with Crippen LogP contribution in [0.5, 0.6) is 0 Å². The van der Waals surface area contributed by atoms with Crippen molar-refractivity contribution in [3.05, 3.63) is 35.4 Å². The lowest BCUT2D eigenvalue weighted by molar-refractivity contribution is 0.222. The SMILES string of the molecule is CC(C)S(=O)(=O)NC1CNC(=O)NC1c1ccc(C2CCCCC2)cc1. The van der Waals surface area contributed by atoms with Gasteiger partial charge in [0, 0.05) is 6.54 Å². The van der Waals surface area contributed by atoms with Crippen LogP contribution in [-0.2, 0) is 10.0 Å². The van der Waals surface area contributed by atoms with Crippen LogP contribution in [0.3, 0.4) is 0 Å². The number of benzene rings is 1. The highest BCUT2D eigenvalue weighted by atomic mass is 32.2. The summed E-state index contributed by atoms with van der Waals surface area (Å²) in [5, 5.41) is 5.03. The number of nitrogens with one attached hydrogen (secondary N) is 3. The summed E-state index contributed by atoms with van der Waals surface area (Å²) in [6, 6.07) is 7.25. The van der Waals surface area contributed by atoms with Gasteiger partial charge in [-0.05, 0) is 43.7 Å². The maximum Gasteiger partial charge on any atom is 0.315 e. The average Bonchev–Trinajstić information content (AvgIpc) is 2.64. The average molecular weight is 380 g/mol. The topological polar surface area (TPSA) is 87.3 Å². The Balaban J connectivity index is 1.78. The Hall–Kier alpha value is -1.60. The van der Waals surface area contributed by atoms with Crippen molar-refractivity contribution in [2.45, 2.75) is 69.2 Å². The lowest BCUT2D eigenvalue weighted by atomic mass is 9.83. The zero-order valence-corrected chi connectivity index (χ0v) is 16.3. The Morgan fingerprint density at radius 1 is 1.04 bits per heavy atom. The molecule has 26 heavy (non-hydrogen) atoms. The third kappa shape index (κ3) is 4.38. The lowest BCUT2D eigenvalue weighted by Gasteiger charge is -2.34. The molecule has 2 amide bonds. The van der Waals surface area contributed by atoms with Crippen molar-refractivity contribution in [3.63, 3.8) is 0 Å². The molecule has 1 aromatic rings. The number of sulfonamides is 1. The fourth-order valence-electron chi connectivity index (χ4n) is 3.80. The van der Waals surface area contributed by atoms with Crippen molar-refractivity contribution < 1.29 is 13.2 Å². The number of urea groups is 1. The first-order chi connectivity index (χ1) is 12.4. The van der Waals surface area contributed by atoms with Gasteiger partial charge in [0.25, 0.3) is 0 Å². The van der Waals surface area contributed by atoms with Gasteiger partial charge in [0.2, 0.25) is 10.0 Å². The molecule has 1 saturated heterocycles. The van der Waals surface area contributed by atoms with Gasteiger partial charge in [-0.3, -0.25) is 0 Å². The standard InChI is InChI=1S/C19H29N3O3S/c1-13(2)26(24,25)22-17-12-20-19(23)21-18(17)16-10-8-15(9-11-16)14-6-4-3-5-7-14/h8-11,13-14,17-18,22H,3-7,12H2,1-2H3,(H2,20,21,23). The van der Waals surface area contributed by atoms with Crippen LogP contribution in [0.15, 0.2) is 24.3 Å². The predicted octanol–water partition coefficient (Wildman–Crippen LogP) is 2.78. The van der Waals surface area contributed by atoms with E-state index in [2.05, 4.69) is 27.5 Å². The first-order valence-electron chi connectivity index (χ1n) is 9.52. The van der Waals surface area contributed by atoms with E-state index in [4.69, 9.17) is 0 Å². The van der Waals surface area contributed by atoms with Crippen molar-refractivity contribution in [3.8, 4) is 0 Å². The third-order valence-electron chi connectivity index (χ3n) is 5.48. The summed E-state index contributed by atoms with van der Waals surface area (Å²) in [5.74, 6) is 0.621. The number of hydrogen-bond acceptors (Lipinski definition) is 3. The van der Waals surface area contributed by atoms with Crippen molar-refractivity contribution >= 4 is 16.1 Å². The summed E-state index contributed by atoms with van der Waals surface area (Å²) in [4.78, 5) is 11.8. The Labute approximate surface area is 156 Å². The summed E-state index contributed by atoms with van der Waals surface area (Å²) in [6.07, 6.45) is 6.37. The number of carbonyl (C=O) groups excluding carboxylic acids is 1. The number of rotatable bonds is 5. The van der Waals surface area contributed by atoms with Crippen molar-refractivity contribution in [1.82, 2.24) is 15.4 Å². The van der Waals surface area contributed by atoms with Gasteiger partial charge >= 0.3 is 6.03 Å². The molecule has 0 spiro atoms. The second kappa shape index (κ2) is 7.96. The molecule has 2 aliphatic rings. The minimum absolute atomic E-state index is 0.271. The van der Waals surface area contributed by atoms with E-state index in [-0.39, 0.29) is 18.6 Å². The summed E-state index contributed by atoms with van der Waals surface area (Å²) in [5.41, 5.74) is 2.27. The van der Waals surface area contributed by atoms with E-state index in [1.807, 2.05) is 12.1 Å². The lowest BCUT2D eigenvalue weighted by Crippen LogP contribution is -2.59. The molecule has 0 radical (unpaired) electrons. The minimum Gasteiger partial charge on any atom is -0.336 e. The molecule has 1 aliphatic carbocycles. The monoisotopic (exact) mass is 379 g/mol. The second-order valence-electron chi connectivity index (χ2n) is 7.65. The van der Waals surface area contributed by atoms with Crippen molar-refractivity contribution in [2.24, 2.45) is 0 Å². The molecule has 1 saturated carbocycles. The van der Waals surface area contributed by atoms with Gasteiger partial charge in [0.15, 0.2) is 0 Å². The highest BCUT2D eigenvalue weighted by Crippen LogP contribution is 2.33. The first kappa shape index (κ1) is 19.2. The van der Waals surface area contributed by atoms with Crippen molar-refractivity contribution in [2.75, 3.05) is 6.54 Å². The van der Waals surface area contributed by atoms with Crippen LogP contribution in [0.4, 0.5) is 4.79 Å². The van der Waals surface area contributed by atoms with E-state index in [9.17, 15) is 13.2 Å². The minimum atomic E-state index is -3.42. The van der Waals surface area contributed by atoms with Crippen LogP contribution >= 0.6 is 0 Å². The number of amides is 2. The van der Waals surface area contributed by atoms with Crippen LogP contribution in [0, 0.1) is 0 Å². The molecule has 3 N–H and O–H groups in total. The van der Waals surface area contributed by atoms with Gasteiger partial charge in [-0.15, -0.1) is 0 Å². The maximum absolute atomic E-state index is 12.3. The highest BCUT2D eigenvalue weighted by molar-refractivity contribution is 7.90. The predicted molar refractivity (Wildman–Crippen MR) is 103 cm³/mol. The van der Waals surface area contributed by atoms with Gasteiger partial charge in [-0.1, -0.05) is 43.5 Å². The molecule has 7 heteroatoms. The Kier molecular flexibility index (Phi) is 5.87. The fourth-order valence-corrected chi connectivity index (χ4v) is 4.71. The third-order valence-corrected chi connectivity index (χ3v) is 7.35. The molecule has 0 aromatic heterocycles. The van der Waals surface area contributed by atoms with Gasteiger partial charge < -0.3 is 10.6 Å². The molecule has 2 unspecified atom stereocenters. The molecule has 1 heterocycles. The van der Waals surface area contributed by atoms with Gasteiger partial charge in [0.1, 0.15) is 0 Å². The van der Waals surface area contributed by atoms with E-state index in [0.717, 1.165) is 5.56 Å². The molecule has 144 valence electrons. The molecule has 2 atom stereocenters. The van der Waals surface area contributed by atoms with E-state index in [1.54, 1.807) is 13.8 Å². The molecule has 2 fully saturated rings. The molecule has 0 bridgehead atoms. The molecular formula is C19H29N3O3S. The quantitative estimate of drug-likeness (QED) is 0.735. The van der Waals surface area contributed by atoms with Crippen LogP contribution in [-0.4, -0.2) is 32.3 Å². The number of carbonyl (C=O) groups is 1.